The van der Waals surface area contributed by atoms with Crippen LogP contribution in [0.25, 0.3) is 10.8 Å². The largest absolute Gasteiger partial charge is 0.398 e. The van der Waals surface area contributed by atoms with Crippen molar-refractivity contribution in [2.24, 2.45) is 0 Å². The van der Waals surface area contributed by atoms with Gasteiger partial charge in [0.05, 0.1) is 5.56 Å². The molecule has 5 heteroatoms. The van der Waals surface area contributed by atoms with Gasteiger partial charge in [0.2, 0.25) is 0 Å². The molecule has 0 saturated carbocycles. The molecule has 2 aromatic carbocycles. The highest BCUT2D eigenvalue weighted by Gasteiger charge is 2.13. The van der Waals surface area contributed by atoms with E-state index in [1.54, 1.807) is 6.26 Å². The van der Waals surface area contributed by atoms with Crippen molar-refractivity contribution >= 4 is 33.2 Å². The number of fused-ring (bicyclic) bond motifs is 1. The fourth-order valence-electron chi connectivity index (χ4n) is 2.17. The maximum atomic E-state index is 12.3. The Morgan fingerprint density at radius 2 is 1.90 bits per heavy atom. The molecule has 0 aliphatic rings. The Kier molecular flexibility index (Phi) is 4.96. The Hall–Kier alpha value is -1.88. The molecule has 21 heavy (non-hydrogen) atoms. The van der Waals surface area contributed by atoms with E-state index in [-0.39, 0.29) is 11.9 Å². The summed E-state index contributed by atoms with van der Waals surface area (Å²) in [6, 6.07) is 11.4. The SMILES string of the molecule is CC(CCS(C)=O)NC(=O)c1cc2ccccc2cc1N. The van der Waals surface area contributed by atoms with Crippen molar-refractivity contribution in [3.63, 3.8) is 0 Å². The predicted molar refractivity (Wildman–Crippen MR) is 88.8 cm³/mol. The first kappa shape index (κ1) is 15.5. The van der Waals surface area contributed by atoms with E-state index in [0.717, 1.165) is 10.8 Å². The zero-order valence-electron chi connectivity index (χ0n) is 12.3. The molecule has 0 heterocycles. The molecule has 2 unspecified atom stereocenters. The zero-order valence-corrected chi connectivity index (χ0v) is 13.1. The Morgan fingerprint density at radius 1 is 1.29 bits per heavy atom. The van der Waals surface area contributed by atoms with E-state index in [4.69, 9.17) is 5.73 Å². The number of carbonyl (C=O) groups is 1. The van der Waals surface area contributed by atoms with Crippen LogP contribution in [0.15, 0.2) is 36.4 Å². The minimum absolute atomic E-state index is 0.0349. The van der Waals surface area contributed by atoms with Gasteiger partial charge in [0.1, 0.15) is 0 Å². The lowest BCUT2D eigenvalue weighted by Crippen LogP contribution is -2.33. The van der Waals surface area contributed by atoms with Crippen molar-refractivity contribution in [1.82, 2.24) is 5.32 Å². The molecule has 0 bridgehead atoms. The van der Waals surface area contributed by atoms with Crippen LogP contribution >= 0.6 is 0 Å². The van der Waals surface area contributed by atoms with Gasteiger partial charge >= 0.3 is 0 Å². The third kappa shape index (κ3) is 4.04. The Morgan fingerprint density at radius 3 is 2.52 bits per heavy atom. The van der Waals surface area contributed by atoms with Gasteiger partial charge in [-0.25, -0.2) is 0 Å². The van der Waals surface area contributed by atoms with Crippen LogP contribution in [0.3, 0.4) is 0 Å². The lowest BCUT2D eigenvalue weighted by atomic mass is 10.0. The number of carbonyl (C=O) groups excluding carboxylic acids is 1. The molecule has 0 aromatic heterocycles. The summed E-state index contributed by atoms with van der Waals surface area (Å²) in [6.45, 7) is 1.90. The van der Waals surface area contributed by atoms with E-state index < -0.39 is 10.8 Å². The molecule has 0 radical (unpaired) electrons. The number of anilines is 1. The number of amides is 1. The Balaban J connectivity index is 2.15. The quantitative estimate of drug-likeness (QED) is 0.833. The maximum Gasteiger partial charge on any atom is 0.253 e. The Labute approximate surface area is 127 Å². The minimum atomic E-state index is -0.844. The monoisotopic (exact) mass is 304 g/mol. The lowest BCUT2D eigenvalue weighted by Gasteiger charge is -2.14. The summed E-state index contributed by atoms with van der Waals surface area (Å²) < 4.78 is 11.1. The second kappa shape index (κ2) is 6.72. The summed E-state index contributed by atoms with van der Waals surface area (Å²) >= 11 is 0. The number of nitrogens with two attached hydrogens (primary N) is 1. The van der Waals surface area contributed by atoms with Gasteiger partial charge in [-0.2, -0.15) is 0 Å². The van der Waals surface area contributed by atoms with Crippen LogP contribution in [0.2, 0.25) is 0 Å². The fraction of sp³-hybridized carbons (Fsp3) is 0.312. The normalized spacial score (nSPS) is 13.8. The molecule has 0 aliphatic carbocycles. The van der Waals surface area contributed by atoms with Crippen LogP contribution in [0, 0.1) is 0 Å². The third-order valence-electron chi connectivity index (χ3n) is 3.38. The second-order valence-electron chi connectivity index (χ2n) is 5.23. The van der Waals surface area contributed by atoms with Crippen molar-refractivity contribution in [1.29, 1.82) is 0 Å². The van der Waals surface area contributed by atoms with Crippen LogP contribution in [0.5, 0.6) is 0 Å². The van der Waals surface area contributed by atoms with Gasteiger partial charge in [0, 0.05) is 34.5 Å². The van der Waals surface area contributed by atoms with Crippen LogP contribution in [0.4, 0.5) is 5.69 Å². The standard InChI is InChI=1S/C16H20N2O2S/c1-11(7-8-21(2)20)18-16(19)14-9-12-5-3-4-6-13(12)10-15(14)17/h3-6,9-11H,7-8,17H2,1-2H3,(H,18,19). The van der Waals surface area contributed by atoms with Crippen LogP contribution in [-0.4, -0.2) is 28.2 Å². The van der Waals surface area contributed by atoms with Crippen LogP contribution in [-0.2, 0) is 10.8 Å². The average Bonchev–Trinajstić information content (AvgIpc) is 2.44. The molecular formula is C16H20N2O2S. The number of hydrogen-bond donors (Lipinski definition) is 2. The molecule has 1 amide bonds. The first-order valence-electron chi connectivity index (χ1n) is 6.86. The molecular weight excluding hydrogens is 284 g/mol. The summed E-state index contributed by atoms with van der Waals surface area (Å²) in [5.74, 6) is 0.391. The average molecular weight is 304 g/mol. The molecule has 4 nitrogen and oxygen atoms in total. The van der Waals surface area contributed by atoms with Gasteiger partial charge in [0.15, 0.2) is 0 Å². The smallest absolute Gasteiger partial charge is 0.253 e. The molecule has 0 saturated heterocycles. The van der Waals surface area contributed by atoms with Crippen molar-refractivity contribution in [2.75, 3.05) is 17.7 Å². The lowest BCUT2D eigenvalue weighted by molar-refractivity contribution is 0.0940. The first-order chi connectivity index (χ1) is 9.97. The summed E-state index contributed by atoms with van der Waals surface area (Å²) in [4.78, 5) is 12.3. The van der Waals surface area contributed by atoms with Crippen molar-refractivity contribution in [3.05, 3.63) is 42.0 Å². The summed E-state index contributed by atoms with van der Waals surface area (Å²) in [5.41, 5.74) is 6.93. The van der Waals surface area contributed by atoms with Crippen molar-refractivity contribution < 1.29 is 9.00 Å². The first-order valence-corrected chi connectivity index (χ1v) is 8.59. The fourth-order valence-corrected chi connectivity index (χ4v) is 2.86. The van der Waals surface area contributed by atoms with E-state index in [2.05, 4.69) is 5.32 Å². The molecule has 0 spiro atoms. The van der Waals surface area contributed by atoms with Gasteiger partial charge in [-0.05, 0) is 36.2 Å². The summed E-state index contributed by atoms with van der Waals surface area (Å²) in [6.07, 6.45) is 2.35. The topological polar surface area (TPSA) is 72.2 Å². The third-order valence-corrected chi connectivity index (χ3v) is 4.19. The molecule has 2 atom stereocenters. The number of nitrogen functional groups attached to an aromatic ring is 1. The Bertz CT molecular complexity index is 685. The maximum absolute atomic E-state index is 12.3. The van der Waals surface area contributed by atoms with Crippen molar-refractivity contribution in [3.8, 4) is 0 Å². The number of benzene rings is 2. The number of rotatable bonds is 5. The van der Waals surface area contributed by atoms with E-state index in [9.17, 15) is 9.00 Å². The molecule has 2 rings (SSSR count). The van der Waals surface area contributed by atoms with E-state index in [1.165, 1.54) is 0 Å². The van der Waals surface area contributed by atoms with E-state index in [1.807, 2.05) is 43.3 Å². The van der Waals surface area contributed by atoms with E-state index >= 15 is 0 Å². The van der Waals surface area contributed by atoms with Crippen LogP contribution in [0.1, 0.15) is 23.7 Å². The molecule has 0 aliphatic heterocycles. The molecule has 2 aromatic rings. The van der Waals surface area contributed by atoms with Gasteiger partial charge in [0.25, 0.3) is 5.91 Å². The molecule has 3 N–H and O–H groups in total. The van der Waals surface area contributed by atoms with Gasteiger partial charge < -0.3 is 11.1 Å². The van der Waals surface area contributed by atoms with Gasteiger partial charge in [-0.15, -0.1) is 0 Å². The molecule has 112 valence electrons. The van der Waals surface area contributed by atoms with Gasteiger partial charge in [-0.1, -0.05) is 24.3 Å². The van der Waals surface area contributed by atoms with Crippen molar-refractivity contribution in [2.45, 2.75) is 19.4 Å². The minimum Gasteiger partial charge on any atom is -0.398 e. The number of nitrogens with one attached hydrogen (secondary N) is 1. The highest BCUT2D eigenvalue weighted by molar-refractivity contribution is 7.84. The summed E-state index contributed by atoms with van der Waals surface area (Å²) in [5, 5.41) is 4.90. The highest BCUT2D eigenvalue weighted by Crippen LogP contribution is 2.21. The number of hydrogen-bond acceptors (Lipinski definition) is 3. The second-order valence-corrected chi connectivity index (χ2v) is 6.78. The van der Waals surface area contributed by atoms with Crippen LogP contribution < -0.4 is 11.1 Å². The predicted octanol–water partition coefficient (Wildman–Crippen LogP) is 2.31. The van der Waals surface area contributed by atoms with E-state index in [0.29, 0.717) is 23.4 Å². The molecule has 0 fully saturated rings. The highest BCUT2D eigenvalue weighted by atomic mass is 32.2. The summed E-state index contributed by atoms with van der Waals surface area (Å²) in [7, 11) is -0.844. The van der Waals surface area contributed by atoms with Gasteiger partial charge in [-0.3, -0.25) is 9.00 Å². The zero-order chi connectivity index (χ0) is 15.4.